The fourth-order valence-corrected chi connectivity index (χ4v) is 1.72. The summed E-state index contributed by atoms with van der Waals surface area (Å²) in [6, 6.07) is 8.27. The first kappa shape index (κ1) is 9.59. The molecular weight excluding hydrogens is 167 g/mol. The van der Waals surface area contributed by atoms with Crippen LogP contribution < -0.4 is 0 Å². The van der Waals surface area contributed by atoms with Gasteiger partial charge in [0.25, 0.3) is 0 Å². The normalized spacial score (nSPS) is 11.2. The molecule has 2 nitrogen and oxygen atoms in total. The molecule has 0 aromatic heterocycles. The second kappa shape index (κ2) is 3.49. The van der Waals surface area contributed by atoms with Crippen molar-refractivity contribution >= 4 is 27.6 Å². The summed E-state index contributed by atoms with van der Waals surface area (Å²) < 4.78 is 23.0. The van der Waals surface area contributed by atoms with E-state index in [0.717, 1.165) is 0 Å². The van der Waals surface area contributed by atoms with Crippen LogP contribution in [0.15, 0.2) is 45.4 Å². The molecule has 0 aliphatic rings. The van der Waals surface area contributed by atoms with Crippen molar-refractivity contribution in [2.75, 3.05) is 0 Å². The van der Waals surface area contributed by atoms with Crippen molar-refractivity contribution in [1.29, 1.82) is 0 Å². The Morgan fingerprint density at radius 1 is 1.25 bits per heavy atom. The average Bonchev–Trinajstić information content (AvgIpc) is 2.06. The van der Waals surface area contributed by atoms with Gasteiger partial charge in [0, 0.05) is 0 Å². The Hall–Kier alpha value is -0.493. The SMILES string of the molecule is [Li][C](=C)S(=O)(=O)c1ccccc1. The molecule has 0 spiro atoms. The molecule has 1 aromatic rings. The van der Waals surface area contributed by atoms with E-state index in [1.54, 1.807) is 30.3 Å². The molecule has 0 aliphatic carbocycles. The van der Waals surface area contributed by atoms with E-state index in [2.05, 4.69) is 6.58 Å². The Morgan fingerprint density at radius 2 is 1.75 bits per heavy atom. The van der Waals surface area contributed by atoms with Crippen molar-refractivity contribution in [2.24, 2.45) is 0 Å². The van der Waals surface area contributed by atoms with Gasteiger partial charge in [-0.25, -0.2) is 0 Å². The van der Waals surface area contributed by atoms with E-state index in [0.29, 0.717) is 4.90 Å². The zero-order chi connectivity index (χ0) is 9.19. The maximum absolute atomic E-state index is 11.4. The molecule has 0 atom stereocenters. The van der Waals surface area contributed by atoms with Gasteiger partial charge in [-0.05, 0) is 0 Å². The predicted octanol–water partition coefficient (Wildman–Crippen LogP) is 1.10. The van der Waals surface area contributed by atoms with E-state index < -0.39 is 9.84 Å². The van der Waals surface area contributed by atoms with Crippen molar-refractivity contribution in [1.82, 2.24) is 0 Å². The van der Waals surface area contributed by atoms with Crippen LogP contribution in [0, 0.1) is 0 Å². The fourth-order valence-electron chi connectivity index (χ4n) is 0.801. The van der Waals surface area contributed by atoms with Gasteiger partial charge in [0.2, 0.25) is 0 Å². The molecule has 0 amide bonds. The van der Waals surface area contributed by atoms with Gasteiger partial charge in [0.05, 0.1) is 0 Å². The topological polar surface area (TPSA) is 34.1 Å². The molecule has 0 saturated heterocycles. The van der Waals surface area contributed by atoms with Crippen molar-refractivity contribution in [3.63, 3.8) is 0 Å². The maximum atomic E-state index is 11.4. The molecule has 58 valence electrons. The van der Waals surface area contributed by atoms with Crippen LogP contribution in [0.3, 0.4) is 0 Å². The van der Waals surface area contributed by atoms with Crippen LogP contribution in [0.1, 0.15) is 0 Å². The Bertz CT molecular complexity index is 381. The molecule has 0 saturated carbocycles. The van der Waals surface area contributed by atoms with Crippen molar-refractivity contribution in [3.05, 3.63) is 40.5 Å². The van der Waals surface area contributed by atoms with Crippen LogP contribution in [0.5, 0.6) is 0 Å². The zero-order valence-corrected chi connectivity index (χ0v) is 7.64. The van der Waals surface area contributed by atoms with Gasteiger partial charge < -0.3 is 0 Å². The summed E-state index contributed by atoms with van der Waals surface area (Å²) in [5.41, 5.74) is 0. The summed E-state index contributed by atoms with van der Waals surface area (Å²) in [4.78, 5) is 0.303. The molecule has 0 unspecified atom stereocenters. The van der Waals surface area contributed by atoms with Crippen molar-refractivity contribution in [3.8, 4) is 0 Å². The van der Waals surface area contributed by atoms with Crippen LogP contribution in [0.25, 0.3) is 0 Å². The third-order valence-electron chi connectivity index (χ3n) is 1.51. The Balaban J connectivity index is 3.26. The molecule has 0 N–H and O–H groups in total. The first-order valence-electron chi connectivity index (χ1n) is 3.51. The molecule has 1 aromatic carbocycles. The monoisotopic (exact) mass is 174 g/mol. The molecule has 0 bridgehead atoms. The van der Waals surface area contributed by atoms with Crippen LogP contribution >= 0.6 is 0 Å². The summed E-state index contributed by atoms with van der Waals surface area (Å²) >= 11 is 1.49. The van der Waals surface area contributed by atoms with Gasteiger partial charge >= 0.3 is 81.4 Å². The third-order valence-corrected chi connectivity index (χ3v) is 3.32. The Morgan fingerprint density at radius 3 is 2.17 bits per heavy atom. The van der Waals surface area contributed by atoms with E-state index in [1.165, 1.54) is 17.7 Å². The standard InChI is InChI=1S/C8H7O2S.Li/c1-2-11(9,10)8-6-4-3-5-7-8;/h3-7H,1H2;. The zero-order valence-electron chi connectivity index (χ0n) is 6.82. The van der Waals surface area contributed by atoms with Gasteiger partial charge in [0.15, 0.2) is 0 Å². The third kappa shape index (κ3) is 1.81. The molecule has 1 rings (SSSR count). The van der Waals surface area contributed by atoms with Gasteiger partial charge in [-0.2, -0.15) is 0 Å². The molecule has 4 heteroatoms. The van der Waals surface area contributed by atoms with Crippen molar-refractivity contribution < 1.29 is 8.42 Å². The van der Waals surface area contributed by atoms with Crippen molar-refractivity contribution in [2.45, 2.75) is 4.90 Å². The van der Waals surface area contributed by atoms with Gasteiger partial charge in [-0.15, -0.1) is 0 Å². The first-order valence-corrected chi connectivity index (χ1v) is 4.99. The van der Waals surface area contributed by atoms with E-state index in [4.69, 9.17) is 0 Å². The summed E-state index contributed by atoms with van der Waals surface area (Å²) in [5, 5.41) is 0. The van der Waals surface area contributed by atoms with E-state index >= 15 is 0 Å². The number of hydrogen-bond donors (Lipinski definition) is 0. The molecular formula is C8H7LiO2S. The second-order valence-electron chi connectivity index (χ2n) is 2.52. The van der Waals surface area contributed by atoms with Gasteiger partial charge in [-0.3, -0.25) is 0 Å². The Kier molecular flexibility index (Phi) is 2.79. The summed E-state index contributed by atoms with van der Waals surface area (Å²) in [5.74, 6) is 0. The Labute approximate surface area is 81.4 Å². The van der Waals surface area contributed by atoms with Crippen LogP contribution in [-0.2, 0) is 9.84 Å². The minimum absolute atomic E-state index is 0.175. The van der Waals surface area contributed by atoms with Crippen LogP contribution in [0.4, 0.5) is 0 Å². The fraction of sp³-hybridized carbons (Fsp3) is 0. The summed E-state index contributed by atoms with van der Waals surface area (Å²) in [6.45, 7) is 3.42. The molecule has 0 heterocycles. The molecule has 12 heavy (non-hydrogen) atoms. The van der Waals surface area contributed by atoms with Gasteiger partial charge in [-0.1, -0.05) is 0 Å². The molecule has 0 radical (unpaired) electrons. The molecule has 0 aliphatic heterocycles. The second-order valence-corrected chi connectivity index (χ2v) is 4.69. The minimum atomic E-state index is -3.27. The quantitative estimate of drug-likeness (QED) is 0.629. The number of sulfone groups is 1. The van der Waals surface area contributed by atoms with Gasteiger partial charge in [0.1, 0.15) is 0 Å². The summed E-state index contributed by atoms with van der Waals surface area (Å²) in [7, 11) is -3.27. The number of benzene rings is 1. The number of rotatable bonds is 2. The predicted molar refractivity (Wildman–Crippen MR) is 48.5 cm³/mol. The molecule has 0 fully saturated rings. The van der Waals surface area contributed by atoms with Crippen LogP contribution in [0.2, 0.25) is 0 Å². The first-order chi connectivity index (χ1) is 5.55. The van der Waals surface area contributed by atoms with Crippen LogP contribution in [-0.4, -0.2) is 26.1 Å². The van der Waals surface area contributed by atoms with E-state index in [-0.39, 0.29) is 3.58 Å². The average molecular weight is 174 g/mol. The van der Waals surface area contributed by atoms with E-state index in [1.807, 2.05) is 0 Å². The number of hydrogen-bond acceptors (Lipinski definition) is 2. The summed E-state index contributed by atoms with van der Waals surface area (Å²) in [6.07, 6.45) is 0. The van der Waals surface area contributed by atoms with E-state index in [9.17, 15) is 8.42 Å².